The lowest BCUT2D eigenvalue weighted by Gasteiger charge is -2.21. The zero-order valence-electron chi connectivity index (χ0n) is 11.1. The van der Waals surface area contributed by atoms with E-state index in [-0.39, 0.29) is 6.04 Å². The summed E-state index contributed by atoms with van der Waals surface area (Å²) in [7, 11) is 0. The Balaban J connectivity index is 1.56. The number of rotatable bonds is 5. The van der Waals surface area contributed by atoms with Gasteiger partial charge in [-0.15, -0.1) is 0 Å². The number of hydrogen-bond acceptors (Lipinski definition) is 4. The lowest BCUT2D eigenvalue weighted by atomic mass is 9.93. The Labute approximate surface area is 108 Å². The second-order valence-corrected chi connectivity index (χ2v) is 5.58. The standard InChI is InChI=1S/C14H21N3O/c1-3-13(14-16-9(2)18-17-14)15-8-12-7-10-4-5-11(12)6-10/h4-5,10-13,15H,3,6-8H2,1-2H3/t10-,11-,12+,13-/m0/s1. The average molecular weight is 247 g/mol. The highest BCUT2D eigenvalue weighted by Crippen LogP contribution is 2.43. The molecule has 2 aliphatic rings. The van der Waals surface area contributed by atoms with Gasteiger partial charge in [0.2, 0.25) is 5.89 Å². The van der Waals surface area contributed by atoms with Gasteiger partial charge in [-0.25, -0.2) is 0 Å². The number of allylic oxidation sites excluding steroid dienone is 2. The number of nitrogens with one attached hydrogen (secondary N) is 1. The maximum absolute atomic E-state index is 5.06. The van der Waals surface area contributed by atoms with E-state index < -0.39 is 0 Å². The van der Waals surface area contributed by atoms with Crippen molar-refractivity contribution < 1.29 is 4.52 Å². The number of aryl methyl sites for hydroxylation is 1. The van der Waals surface area contributed by atoms with Gasteiger partial charge in [0.05, 0.1) is 6.04 Å². The van der Waals surface area contributed by atoms with Crippen LogP contribution < -0.4 is 5.32 Å². The van der Waals surface area contributed by atoms with Crippen LogP contribution in [0.3, 0.4) is 0 Å². The van der Waals surface area contributed by atoms with Crippen LogP contribution in [0.1, 0.15) is 43.9 Å². The Morgan fingerprint density at radius 1 is 1.44 bits per heavy atom. The molecule has 0 saturated heterocycles. The van der Waals surface area contributed by atoms with Crippen LogP contribution in [0.5, 0.6) is 0 Å². The lowest BCUT2D eigenvalue weighted by molar-refractivity contribution is 0.353. The molecule has 4 atom stereocenters. The summed E-state index contributed by atoms with van der Waals surface area (Å²) in [5, 5.41) is 7.62. The first-order valence-corrected chi connectivity index (χ1v) is 6.98. The van der Waals surface area contributed by atoms with E-state index >= 15 is 0 Å². The Kier molecular flexibility index (Phi) is 3.20. The molecule has 0 aromatic carbocycles. The van der Waals surface area contributed by atoms with Crippen LogP contribution in [0.25, 0.3) is 0 Å². The maximum atomic E-state index is 5.06. The molecule has 0 aliphatic heterocycles. The zero-order valence-corrected chi connectivity index (χ0v) is 11.1. The normalized spacial score (nSPS) is 31.1. The summed E-state index contributed by atoms with van der Waals surface area (Å²) in [4.78, 5) is 4.32. The molecule has 3 rings (SSSR count). The molecule has 1 fully saturated rings. The zero-order chi connectivity index (χ0) is 12.5. The number of nitrogens with zero attached hydrogens (tertiary/aromatic N) is 2. The highest BCUT2D eigenvalue weighted by molar-refractivity contribution is 5.10. The van der Waals surface area contributed by atoms with Gasteiger partial charge in [-0.3, -0.25) is 0 Å². The van der Waals surface area contributed by atoms with E-state index in [4.69, 9.17) is 4.52 Å². The highest BCUT2D eigenvalue weighted by Gasteiger charge is 2.35. The molecule has 1 N–H and O–H groups in total. The Hall–Kier alpha value is -1.16. The minimum atomic E-state index is 0.227. The summed E-state index contributed by atoms with van der Waals surface area (Å²) in [5.74, 6) is 3.88. The van der Waals surface area contributed by atoms with Gasteiger partial charge >= 0.3 is 0 Å². The highest BCUT2D eigenvalue weighted by atomic mass is 16.5. The molecule has 0 radical (unpaired) electrons. The van der Waals surface area contributed by atoms with Crippen molar-refractivity contribution in [1.29, 1.82) is 0 Å². The average Bonchev–Trinajstić information content (AvgIpc) is 3.06. The maximum Gasteiger partial charge on any atom is 0.223 e. The van der Waals surface area contributed by atoms with Crippen LogP contribution in [-0.2, 0) is 0 Å². The summed E-state index contributed by atoms with van der Waals surface area (Å²) < 4.78 is 5.06. The van der Waals surface area contributed by atoms with Crippen molar-refractivity contribution in [3.8, 4) is 0 Å². The van der Waals surface area contributed by atoms with E-state index in [0.717, 1.165) is 36.5 Å². The second kappa shape index (κ2) is 4.84. The smallest absolute Gasteiger partial charge is 0.223 e. The van der Waals surface area contributed by atoms with Crippen LogP contribution in [0.4, 0.5) is 0 Å². The molecular weight excluding hydrogens is 226 g/mol. The fourth-order valence-electron chi connectivity index (χ4n) is 3.30. The van der Waals surface area contributed by atoms with Gasteiger partial charge < -0.3 is 9.84 Å². The minimum absolute atomic E-state index is 0.227. The fourth-order valence-corrected chi connectivity index (χ4v) is 3.30. The molecule has 1 aromatic rings. The third-order valence-corrected chi connectivity index (χ3v) is 4.31. The number of fused-ring (bicyclic) bond motifs is 2. The largest absolute Gasteiger partial charge is 0.340 e. The summed E-state index contributed by atoms with van der Waals surface area (Å²) >= 11 is 0. The topological polar surface area (TPSA) is 51.0 Å². The Bertz CT molecular complexity index is 440. The monoisotopic (exact) mass is 247 g/mol. The first-order chi connectivity index (χ1) is 8.76. The van der Waals surface area contributed by atoms with Crippen molar-refractivity contribution in [3.05, 3.63) is 23.9 Å². The third-order valence-electron chi connectivity index (χ3n) is 4.31. The Morgan fingerprint density at radius 2 is 2.33 bits per heavy atom. The summed E-state index contributed by atoms with van der Waals surface area (Å²) in [6.45, 7) is 5.06. The van der Waals surface area contributed by atoms with Crippen molar-refractivity contribution in [3.63, 3.8) is 0 Å². The predicted molar refractivity (Wildman–Crippen MR) is 68.9 cm³/mol. The van der Waals surface area contributed by atoms with E-state index in [0.29, 0.717) is 5.89 Å². The molecule has 1 saturated carbocycles. The quantitative estimate of drug-likeness (QED) is 0.813. The first-order valence-electron chi connectivity index (χ1n) is 6.98. The molecule has 98 valence electrons. The summed E-state index contributed by atoms with van der Waals surface area (Å²) in [6.07, 6.45) is 8.50. The van der Waals surface area contributed by atoms with E-state index in [2.05, 4.69) is 34.5 Å². The van der Waals surface area contributed by atoms with Crippen molar-refractivity contribution in [2.24, 2.45) is 17.8 Å². The third kappa shape index (κ3) is 2.21. The molecule has 1 aromatic heterocycles. The van der Waals surface area contributed by atoms with Crippen LogP contribution in [-0.4, -0.2) is 16.7 Å². The number of aromatic nitrogens is 2. The van der Waals surface area contributed by atoms with Gasteiger partial charge in [-0.1, -0.05) is 24.2 Å². The van der Waals surface area contributed by atoms with Crippen LogP contribution in [0.15, 0.2) is 16.7 Å². The van der Waals surface area contributed by atoms with Crippen molar-refractivity contribution in [2.45, 2.75) is 39.2 Å². The second-order valence-electron chi connectivity index (χ2n) is 5.58. The molecule has 2 aliphatic carbocycles. The molecule has 2 bridgehead atoms. The first kappa shape index (κ1) is 11.9. The van der Waals surface area contributed by atoms with Gasteiger partial charge in [-0.05, 0) is 43.6 Å². The van der Waals surface area contributed by atoms with Gasteiger partial charge in [0.25, 0.3) is 0 Å². The lowest BCUT2D eigenvalue weighted by Crippen LogP contribution is -2.29. The molecule has 1 heterocycles. The van der Waals surface area contributed by atoms with E-state index in [9.17, 15) is 0 Å². The summed E-state index contributed by atoms with van der Waals surface area (Å²) in [6, 6.07) is 0.227. The van der Waals surface area contributed by atoms with Gasteiger partial charge in [0.1, 0.15) is 0 Å². The van der Waals surface area contributed by atoms with Gasteiger partial charge in [0, 0.05) is 6.92 Å². The van der Waals surface area contributed by atoms with Crippen LogP contribution in [0, 0.1) is 24.7 Å². The molecule has 0 amide bonds. The molecular formula is C14H21N3O. The molecule has 4 nitrogen and oxygen atoms in total. The fraction of sp³-hybridized carbons (Fsp3) is 0.714. The van der Waals surface area contributed by atoms with Crippen molar-refractivity contribution in [2.75, 3.05) is 6.54 Å². The molecule has 0 spiro atoms. The SMILES string of the molecule is CC[C@H](NC[C@H]1C[C@H]2C=C[C@H]1C2)c1noc(C)n1. The molecule has 0 unspecified atom stereocenters. The Morgan fingerprint density at radius 3 is 2.89 bits per heavy atom. The van der Waals surface area contributed by atoms with Gasteiger partial charge in [-0.2, -0.15) is 4.98 Å². The summed E-state index contributed by atoms with van der Waals surface area (Å²) in [5.41, 5.74) is 0. The van der Waals surface area contributed by atoms with E-state index in [1.54, 1.807) is 0 Å². The van der Waals surface area contributed by atoms with Crippen molar-refractivity contribution >= 4 is 0 Å². The van der Waals surface area contributed by atoms with E-state index in [1.807, 2.05) is 6.92 Å². The molecule has 4 heteroatoms. The van der Waals surface area contributed by atoms with Crippen molar-refractivity contribution in [1.82, 2.24) is 15.5 Å². The minimum Gasteiger partial charge on any atom is -0.340 e. The van der Waals surface area contributed by atoms with Gasteiger partial charge in [0.15, 0.2) is 5.82 Å². The number of hydrogen-bond donors (Lipinski definition) is 1. The van der Waals surface area contributed by atoms with Crippen LogP contribution in [0.2, 0.25) is 0 Å². The van der Waals surface area contributed by atoms with Crippen LogP contribution >= 0.6 is 0 Å². The predicted octanol–water partition coefficient (Wildman–Crippen LogP) is 2.63. The van der Waals surface area contributed by atoms with E-state index in [1.165, 1.54) is 12.8 Å². The molecule has 18 heavy (non-hydrogen) atoms.